The number of anilines is 1. The first kappa shape index (κ1) is 15.9. The number of ether oxygens (including phenoxy) is 2. The van der Waals surface area contributed by atoms with E-state index in [2.05, 4.69) is 10.1 Å². The van der Waals surface area contributed by atoms with Crippen LogP contribution in [0.15, 0.2) is 18.2 Å². The van der Waals surface area contributed by atoms with Crippen molar-refractivity contribution in [1.82, 2.24) is 0 Å². The van der Waals surface area contributed by atoms with E-state index in [4.69, 9.17) is 4.74 Å². The number of esters is 1. The molecule has 0 atom stereocenters. The highest BCUT2D eigenvalue weighted by Gasteiger charge is 2.17. The lowest BCUT2D eigenvalue weighted by Gasteiger charge is -2.10. The maximum Gasteiger partial charge on any atom is 0.338 e. The van der Waals surface area contributed by atoms with Gasteiger partial charge >= 0.3 is 5.97 Å². The maximum atomic E-state index is 11.3. The Morgan fingerprint density at radius 1 is 1.45 bits per heavy atom. The van der Waals surface area contributed by atoms with E-state index in [-0.39, 0.29) is 17.4 Å². The average molecular weight is 282 g/mol. The van der Waals surface area contributed by atoms with Crippen LogP contribution in [0.3, 0.4) is 0 Å². The zero-order valence-corrected chi connectivity index (χ0v) is 11.7. The Morgan fingerprint density at radius 3 is 2.70 bits per heavy atom. The molecule has 1 aromatic carbocycles. The lowest BCUT2D eigenvalue weighted by molar-refractivity contribution is -0.384. The first-order chi connectivity index (χ1) is 9.45. The molecule has 0 amide bonds. The van der Waals surface area contributed by atoms with Crippen molar-refractivity contribution in [3.8, 4) is 0 Å². The molecule has 0 spiro atoms. The van der Waals surface area contributed by atoms with Gasteiger partial charge in [-0.05, 0) is 26.0 Å². The van der Waals surface area contributed by atoms with Crippen LogP contribution in [0.25, 0.3) is 0 Å². The van der Waals surface area contributed by atoms with Crippen LogP contribution in [0, 0.1) is 10.1 Å². The van der Waals surface area contributed by atoms with Gasteiger partial charge in [0.15, 0.2) is 0 Å². The fourth-order valence-electron chi connectivity index (χ4n) is 1.56. The summed E-state index contributed by atoms with van der Waals surface area (Å²) in [5, 5.41) is 13.9. The normalized spacial score (nSPS) is 10.4. The average Bonchev–Trinajstić information content (AvgIpc) is 2.42. The van der Waals surface area contributed by atoms with Crippen molar-refractivity contribution in [3.63, 3.8) is 0 Å². The van der Waals surface area contributed by atoms with Crippen LogP contribution in [0.4, 0.5) is 11.4 Å². The summed E-state index contributed by atoms with van der Waals surface area (Å²) in [6.07, 6.45) is 0.105. The van der Waals surface area contributed by atoms with Crippen molar-refractivity contribution >= 4 is 17.3 Å². The van der Waals surface area contributed by atoms with Gasteiger partial charge < -0.3 is 14.8 Å². The molecule has 0 aliphatic heterocycles. The Morgan fingerprint density at radius 2 is 2.15 bits per heavy atom. The van der Waals surface area contributed by atoms with Crippen LogP contribution >= 0.6 is 0 Å². The second kappa shape index (κ2) is 7.44. The van der Waals surface area contributed by atoms with E-state index in [1.54, 1.807) is 0 Å². The zero-order chi connectivity index (χ0) is 15.1. The molecule has 0 fully saturated rings. The molecule has 7 heteroatoms. The van der Waals surface area contributed by atoms with Gasteiger partial charge in [0.05, 0.1) is 30.3 Å². The highest BCUT2D eigenvalue weighted by molar-refractivity contribution is 5.91. The lowest BCUT2D eigenvalue weighted by atomic mass is 10.1. The number of nitro groups is 1. The van der Waals surface area contributed by atoms with Gasteiger partial charge in [-0.15, -0.1) is 0 Å². The summed E-state index contributed by atoms with van der Waals surface area (Å²) >= 11 is 0. The second-order valence-corrected chi connectivity index (χ2v) is 4.33. The fraction of sp³-hybridized carbons (Fsp3) is 0.462. The van der Waals surface area contributed by atoms with E-state index in [0.717, 1.165) is 0 Å². The Labute approximate surface area is 117 Å². The van der Waals surface area contributed by atoms with E-state index in [0.29, 0.717) is 18.8 Å². The molecule has 0 bridgehead atoms. The molecule has 0 unspecified atom stereocenters. The van der Waals surface area contributed by atoms with Crippen molar-refractivity contribution in [2.45, 2.75) is 20.0 Å². The van der Waals surface area contributed by atoms with Crippen LogP contribution in [0.5, 0.6) is 0 Å². The quantitative estimate of drug-likeness (QED) is 0.357. The zero-order valence-electron chi connectivity index (χ0n) is 11.7. The number of carbonyl (C=O) groups excluding carboxylic acids is 1. The van der Waals surface area contributed by atoms with Crippen molar-refractivity contribution in [1.29, 1.82) is 0 Å². The van der Waals surface area contributed by atoms with Gasteiger partial charge in [0.1, 0.15) is 5.69 Å². The summed E-state index contributed by atoms with van der Waals surface area (Å²) in [6.45, 7) is 4.70. The van der Waals surface area contributed by atoms with Crippen LogP contribution in [-0.2, 0) is 9.47 Å². The summed E-state index contributed by atoms with van der Waals surface area (Å²) < 4.78 is 9.87. The van der Waals surface area contributed by atoms with Crippen molar-refractivity contribution < 1.29 is 19.2 Å². The monoisotopic (exact) mass is 282 g/mol. The van der Waals surface area contributed by atoms with Gasteiger partial charge in [-0.3, -0.25) is 10.1 Å². The summed E-state index contributed by atoms with van der Waals surface area (Å²) in [4.78, 5) is 21.8. The molecule has 0 saturated carbocycles. The Hall–Kier alpha value is -2.15. The number of nitro benzene ring substituents is 1. The van der Waals surface area contributed by atoms with Crippen LogP contribution in [-0.4, -0.2) is 37.3 Å². The largest absolute Gasteiger partial charge is 0.465 e. The Balaban J connectivity index is 2.80. The summed E-state index contributed by atoms with van der Waals surface area (Å²) in [5.74, 6) is -0.609. The molecular weight excluding hydrogens is 264 g/mol. The minimum Gasteiger partial charge on any atom is -0.465 e. The van der Waals surface area contributed by atoms with Gasteiger partial charge in [0.25, 0.3) is 5.69 Å². The molecule has 0 heterocycles. The second-order valence-electron chi connectivity index (χ2n) is 4.33. The number of benzene rings is 1. The standard InChI is InChI=1S/C13H18N2O5/c1-9(2)20-7-6-14-11-5-4-10(13(16)19-3)8-12(11)15(17)18/h4-5,8-9,14H,6-7H2,1-3H3. The molecule has 7 nitrogen and oxygen atoms in total. The molecule has 1 N–H and O–H groups in total. The third kappa shape index (κ3) is 4.51. The van der Waals surface area contributed by atoms with Crippen LogP contribution in [0.1, 0.15) is 24.2 Å². The van der Waals surface area contributed by atoms with Gasteiger partial charge in [0, 0.05) is 12.6 Å². The molecule has 0 aliphatic rings. The van der Waals surface area contributed by atoms with Gasteiger partial charge in [0.2, 0.25) is 0 Å². The molecule has 0 aliphatic carbocycles. The number of nitrogens with one attached hydrogen (secondary N) is 1. The van der Waals surface area contributed by atoms with Gasteiger partial charge in [-0.2, -0.15) is 0 Å². The van der Waals surface area contributed by atoms with E-state index < -0.39 is 10.9 Å². The van der Waals surface area contributed by atoms with Crippen molar-refractivity contribution in [3.05, 3.63) is 33.9 Å². The number of hydrogen-bond donors (Lipinski definition) is 1. The van der Waals surface area contributed by atoms with Crippen LogP contribution < -0.4 is 5.32 Å². The predicted octanol–water partition coefficient (Wildman–Crippen LogP) is 2.22. The molecular formula is C13H18N2O5. The van der Waals surface area contributed by atoms with Crippen molar-refractivity contribution in [2.75, 3.05) is 25.6 Å². The smallest absolute Gasteiger partial charge is 0.338 e. The molecule has 0 aromatic heterocycles. The molecule has 0 saturated heterocycles. The number of carbonyl (C=O) groups is 1. The predicted molar refractivity (Wildman–Crippen MR) is 74.0 cm³/mol. The van der Waals surface area contributed by atoms with E-state index >= 15 is 0 Å². The Kier molecular flexibility index (Phi) is 5.92. The molecule has 1 aromatic rings. The SMILES string of the molecule is COC(=O)c1ccc(NCCOC(C)C)c([N+](=O)[O-])c1. The summed E-state index contributed by atoms with van der Waals surface area (Å²) in [5.41, 5.74) is 0.315. The number of rotatable bonds is 7. The van der Waals surface area contributed by atoms with E-state index in [1.165, 1.54) is 25.3 Å². The minimum absolute atomic E-state index is 0.105. The first-order valence-corrected chi connectivity index (χ1v) is 6.18. The fourth-order valence-corrected chi connectivity index (χ4v) is 1.56. The molecule has 20 heavy (non-hydrogen) atoms. The lowest BCUT2D eigenvalue weighted by Crippen LogP contribution is -2.14. The molecule has 1 rings (SSSR count). The topological polar surface area (TPSA) is 90.7 Å². The third-order valence-corrected chi connectivity index (χ3v) is 2.48. The van der Waals surface area contributed by atoms with E-state index in [1.807, 2.05) is 13.8 Å². The molecule has 0 radical (unpaired) electrons. The minimum atomic E-state index is -0.609. The third-order valence-electron chi connectivity index (χ3n) is 2.48. The highest BCUT2D eigenvalue weighted by atomic mass is 16.6. The first-order valence-electron chi connectivity index (χ1n) is 6.18. The summed E-state index contributed by atoms with van der Waals surface area (Å²) in [7, 11) is 1.23. The number of nitrogens with zero attached hydrogens (tertiary/aromatic N) is 1. The highest BCUT2D eigenvalue weighted by Crippen LogP contribution is 2.25. The van der Waals surface area contributed by atoms with Crippen LogP contribution in [0.2, 0.25) is 0 Å². The van der Waals surface area contributed by atoms with Gasteiger partial charge in [-0.1, -0.05) is 0 Å². The molecule has 110 valence electrons. The van der Waals surface area contributed by atoms with Gasteiger partial charge in [-0.25, -0.2) is 4.79 Å². The van der Waals surface area contributed by atoms with Crippen molar-refractivity contribution in [2.24, 2.45) is 0 Å². The summed E-state index contributed by atoms with van der Waals surface area (Å²) in [6, 6.07) is 4.15. The number of hydrogen-bond acceptors (Lipinski definition) is 6. The number of methoxy groups -OCH3 is 1. The van der Waals surface area contributed by atoms with E-state index in [9.17, 15) is 14.9 Å². The Bertz CT molecular complexity index is 488. The maximum absolute atomic E-state index is 11.3.